The Kier molecular flexibility index (Phi) is 7.40. The van der Waals surface area contributed by atoms with Gasteiger partial charge in [0.15, 0.2) is 4.34 Å². The number of nitrogens with zero attached hydrogens (tertiary/aromatic N) is 4. The number of non-ortho nitro benzene ring substituents is 2. The first kappa shape index (κ1) is 27.4. The molecule has 0 saturated carbocycles. The largest absolute Gasteiger partial charge is 0.456 e. The fourth-order valence-corrected chi connectivity index (χ4v) is 6.96. The van der Waals surface area contributed by atoms with Gasteiger partial charge in [-0.1, -0.05) is 18.7 Å². The molecule has 0 aliphatic carbocycles. The molecule has 0 bridgehead atoms. The van der Waals surface area contributed by atoms with Crippen LogP contribution in [0.5, 0.6) is 0 Å². The van der Waals surface area contributed by atoms with Gasteiger partial charge in [0.2, 0.25) is 5.91 Å². The van der Waals surface area contributed by atoms with E-state index in [-0.39, 0.29) is 35.5 Å². The van der Waals surface area contributed by atoms with Gasteiger partial charge < -0.3 is 14.7 Å². The molecule has 2 aromatic carbocycles. The number of hydrogen-bond acceptors (Lipinski definition) is 11. The normalized spacial score (nSPS) is 20.6. The number of fused-ring (bicyclic) bond motifs is 1. The van der Waals surface area contributed by atoms with Crippen LogP contribution in [0.3, 0.4) is 0 Å². The molecule has 14 heteroatoms. The Morgan fingerprint density at radius 2 is 1.73 bits per heavy atom. The lowest BCUT2D eigenvalue weighted by atomic mass is 9.79. The smallest absolute Gasteiger partial charge is 0.356 e. The molecule has 40 heavy (non-hydrogen) atoms. The van der Waals surface area contributed by atoms with Gasteiger partial charge in [0.1, 0.15) is 12.3 Å². The van der Waals surface area contributed by atoms with Crippen molar-refractivity contribution in [3.63, 3.8) is 0 Å². The van der Waals surface area contributed by atoms with Crippen LogP contribution in [-0.4, -0.2) is 48.9 Å². The number of hydrogen-bond donors (Lipinski definition) is 1. The summed E-state index contributed by atoms with van der Waals surface area (Å²) < 4.78 is 6.12. The number of carbonyl (C=O) groups is 2. The summed E-state index contributed by atoms with van der Waals surface area (Å²) in [6.07, 6.45) is -0.897. The number of β-lactam (4-membered cyclic amide) rings is 1. The number of nitro groups is 2. The van der Waals surface area contributed by atoms with Crippen molar-refractivity contribution in [2.24, 2.45) is 11.8 Å². The van der Waals surface area contributed by atoms with Gasteiger partial charge in [-0.3, -0.25) is 25.0 Å². The highest BCUT2D eigenvalue weighted by Gasteiger charge is 2.60. The maximum atomic E-state index is 13.3. The minimum absolute atomic E-state index is 0.0303. The summed E-state index contributed by atoms with van der Waals surface area (Å²) in [6.45, 7) is 3.27. The molecular weight excluding hydrogens is 560 g/mol. The molecule has 4 atom stereocenters. The van der Waals surface area contributed by atoms with Crippen molar-refractivity contribution in [3.05, 3.63) is 90.3 Å². The Morgan fingerprint density at radius 1 is 1.12 bits per heavy atom. The lowest BCUT2D eigenvalue weighted by Crippen LogP contribution is -2.63. The summed E-state index contributed by atoms with van der Waals surface area (Å²) in [5, 5.41) is 33.9. The zero-order chi connectivity index (χ0) is 28.7. The summed E-state index contributed by atoms with van der Waals surface area (Å²) >= 11 is 2.56. The highest BCUT2D eigenvalue weighted by Crippen LogP contribution is 2.52. The van der Waals surface area contributed by atoms with Crippen LogP contribution < -0.4 is 0 Å². The second kappa shape index (κ2) is 10.8. The third-order valence-electron chi connectivity index (χ3n) is 6.87. The SMILES string of the molecule is CC(O)[C@H]1C(=O)N2C(C(=O)OCc3ccc([N+](=O)[O-])cc3)=C(Sc3nc(-c4ccc([N+](=O)[O-])cc4)cs3)[C@H](C)[C@H]12. The topological polar surface area (TPSA) is 166 Å². The van der Waals surface area contributed by atoms with Gasteiger partial charge in [-0.2, -0.15) is 0 Å². The summed E-state index contributed by atoms with van der Waals surface area (Å²) in [6, 6.07) is 11.2. The molecule has 1 fully saturated rings. The standard InChI is InChI=1S/C26H22N4O8S2/c1-13-21-20(14(2)31)24(32)28(21)22(25(33)38-11-15-3-7-17(8-4-15)29(34)35)23(13)40-26-27-19(12-39-26)16-5-9-18(10-6-16)30(36)37/h3-10,12-14,20-21,31H,11H2,1-2H3/t13-,14?,20-,21-/m1/s1. The van der Waals surface area contributed by atoms with Crippen LogP contribution in [0.15, 0.2) is 68.9 Å². The number of aliphatic hydroxyl groups excluding tert-OH is 1. The summed E-state index contributed by atoms with van der Waals surface area (Å²) in [5.74, 6) is -2.02. The van der Waals surface area contributed by atoms with Crippen LogP contribution >= 0.6 is 23.1 Å². The molecule has 1 saturated heterocycles. The summed E-state index contributed by atoms with van der Waals surface area (Å²) in [7, 11) is 0. The lowest BCUT2D eigenvalue weighted by Gasteiger charge is -2.46. The first-order valence-electron chi connectivity index (χ1n) is 12.1. The number of ether oxygens (including phenoxy) is 1. The first-order chi connectivity index (χ1) is 19.1. The van der Waals surface area contributed by atoms with Crippen molar-refractivity contribution < 1.29 is 29.3 Å². The maximum absolute atomic E-state index is 13.3. The molecular formula is C26H22N4O8S2. The third kappa shape index (κ3) is 4.96. The van der Waals surface area contributed by atoms with Crippen LogP contribution in [0.4, 0.5) is 11.4 Å². The quantitative estimate of drug-likeness (QED) is 0.164. The number of thioether (sulfide) groups is 1. The summed E-state index contributed by atoms with van der Waals surface area (Å²) in [5.41, 5.74) is 1.82. The Morgan fingerprint density at radius 3 is 2.30 bits per heavy atom. The number of amides is 1. The first-order valence-corrected chi connectivity index (χ1v) is 13.8. The van der Waals surface area contributed by atoms with Gasteiger partial charge in [-0.05, 0) is 36.8 Å². The predicted molar refractivity (Wildman–Crippen MR) is 145 cm³/mol. The van der Waals surface area contributed by atoms with E-state index >= 15 is 0 Å². The molecule has 0 radical (unpaired) electrons. The van der Waals surface area contributed by atoms with E-state index in [2.05, 4.69) is 4.98 Å². The third-order valence-corrected chi connectivity index (χ3v) is 9.10. The highest BCUT2D eigenvalue weighted by atomic mass is 32.2. The number of benzene rings is 2. The van der Waals surface area contributed by atoms with E-state index in [0.717, 1.165) is 0 Å². The molecule has 1 unspecified atom stereocenters. The van der Waals surface area contributed by atoms with Gasteiger partial charge in [-0.25, -0.2) is 9.78 Å². The van der Waals surface area contributed by atoms with E-state index in [1.165, 1.54) is 64.4 Å². The van der Waals surface area contributed by atoms with Crippen LogP contribution in [0.25, 0.3) is 11.3 Å². The molecule has 5 rings (SSSR count). The minimum Gasteiger partial charge on any atom is -0.456 e. The molecule has 2 aliphatic rings. The van der Waals surface area contributed by atoms with Crippen molar-refractivity contribution >= 4 is 46.3 Å². The monoisotopic (exact) mass is 582 g/mol. The summed E-state index contributed by atoms with van der Waals surface area (Å²) in [4.78, 5) is 53.7. The van der Waals surface area contributed by atoms with Crippen molar-refractivity contribution in [1.82, 2.24) is 9.88 Å². The van der Waals surface area contributed by atoms with Crippen LogP contribution in [0, 0.1) is 32.1 Å². The van der Waals surface area contributed by atoms with E-state index in [4.69, 9.17) is 4.74 Å². The number of nitro benzene ring substituents is 2. The van der Waals surface area contributed by atoms with E-state index in [1.54, 1.807) is 24.4 Å². The number of carbonyl (C=O) groups excluding carboxylic acids is 2. The Labute approximate surface area is 235 Å². The number of thiazole rings is 1. The fourth-order valence-electron chi connectivity index (χ4n) is 4.86. The van der Waals surface area contributed by atoms with Gasteiger partial charge in [0.05, 0.1) is 33.6 Å². The van der Waals surface area contributed by atoms with Gasteiger partial charge in [0, 0.05) is 46.0 Å². The van der Waals surface area contributed by atoms with E-state index in [9.17, 15) is 34.9 Å². The molecule has 2 aliphatic heterocycles. The van der Waals surface area contributed by atoms with E-state index < -0.39 is 33.9 Å². The van der Waals surface area contributed by atoms with Crippen molar-refractivity contribution in [1.29, 1.82) is 0 Å². The molecule has 3 aromatic rings. The Bertz CT molecular complexity index is 1530. The average Bonchev–Trinajstić information content (AvgIpc) is 3.49. The number of rotatable bonds is 9. The Balaban J connectivity index is 1.40. The van der Waals surface area contributed by atoms with Gasteiger partial charge in [-0.15, -0.1) is 11.3 Å². The molecule has 206 valence electrons. The molecule has 12 nitrogen and oxygen atoms in total. The molecule has 1 aromatic heterocycles. The molecule has 1 N–H and O–H groups in total. The second-order valence-corrected chi connectivity index (χ2v) is 11.5. The van der Waals surface area contributed by atoms with Crippen LogP contribution in [0.1, 0.15) is 19.4 Å². The minimum atomic E-state index is -0.897. The molecule has 3 heterocycles. The highest BCUT2D eigenvalue weighted by molar-refractivity contribution is 8.04. The van der Waals surface area contributed by atoms with Crippen molar-refractivity contribution in [2.45, 2.75) is 36.9 Å². The van der Waals surface area contributed by atoms with Gasteiger partial charge >= 0.3 is 5.97 Å². The number of esters is 1. The molecule has 1 amide bonds. The van der Waals surface area contributed by atoms with Crippen molar-refractivity contribution in [3.8, 4) is 11.3 Å². The zero-order valence-corrected chi connectivity index (χ0v) is 22.8. The predicted octanol–water partition coefficient (Wildman–Crippen LogP) is 4.53. The Hall–Kier alpha value is -4.14. The van der Waals surface area contributed by atoms with E-state index in [0.29, 0.717) is 26.1 Å². The average molecular weight is 583 g/mol. The fraction of sp³-hybridized carbons (Fsp3) is 0.269. The maximum Gasteiger partial charge on any atom is 0.356 e. The second-order valence-electron chi connectivity index (χ2n) is 9.37. The molecule has 0 spiro atoms. The van der Waals surface area contributed by atoms with E-state index in [1.807, 2.05) is 6.92 Å². The van der Waals surface area contributed by atoms with Crippen LogP contribution in [0.2, 0.25) is 0 Å². The number of aliphatic hydroxyl groups is 1. The lowest BCUT2D eigenvalue weighted by molar-refractivity contribution is -0.385. The van der Waals surface area contributed by atoms with Crippen molar-refractivity contribution in [2.75, 3.05) is 0 Å². The number of aromatic nitrogens is 1. The van der Waals surface area contributed by atoms with Crippen LogP contribution in [-0.2, 0) is 20.9 Å². The zero-order valence-electron chi connectivity index (χ0n) is 21.1. The van der Waals surface area contributed by atoms with Gasteiger partial charge in [0.25, 0.3) is 11.4 Å².